The van der Waals surface area contributed by atoms with Crippen LogP contribution in [0.1, 0.15) is 24.8 Å². The average molecular weight is 370 g/mol. The summed E-state index contributed by atoms with van der Waals surface area (Å²) in [5.74, 6) is 0.186. The second-order valence-corrected chi connectivity index (χ2v) is 7.59. The lowest BCUT2D eigenvalue weighted by Crippen LogP contribution is -2.63. The van der Waals surface area contributed by atoms with Crippen molar-refractivity contribution < 1.29 is 9.59 Å². The molecule has 27 heavy (non-hydrogen) atoms. The van der Waals surface area contributed by atoms with Gasteiger partial charge >= 0.3 is 6.03 Å². The Morgan fingerprint density at radius 3 is 2.74 bits per heavy atom. The van der Waals surface area contributed by atoms with Crippen molar-refractivity contribution in [2.75, 3.05) is 39.8 Å². The van der Waals surface area contributed by atoms with Crippen LogP contribution in [0.5, 0.6) is 0 Å². The summed E-state index contributed by atoms with van der Waals surface area (Å²) < 4.78 is 0. The van der Waals surface area contributed by atoms with Gasteiger partial charge in [0.2, 0.25) is 5.91 Å². The fourth-order valence-electron chi connectivity index (χ4n) is 4.10. The molecular formula is C21H30N4O2. The Morgan fingerprint density at radius 1 is 1.22 bits per heavy atom. The SMILES string of the molecule is C=CCN1CCC2(CCC1=O)CN(C(=O)NCc1ccccc1)CCN2C. The largest absolute Gasteiger partial charge is 0.339 e. The van der Waals surface area contributed by atoms with Gasteiger partial charge in [-0.2, -0.15) is 0 Å². The molecule has 1 aromatic carbocycles. The third-order valence-electron chi connectivity index (χ3n) is 5.93. The van der Waals surface area contributed by atoms with Crippen LogP contribution in [0.25, 0.3) is 0 Å². The summed E-state index contributed by atoms with van der Waals surface area (Å²) in [5, 5.41) is 3.04. The number of hydrogen-bond acceptors (Lipinski definition) is 3. The second-order valence-electron chi connectivity index (χ2n) is 7.59. The van der Waals surface area contributed by atoms with Gasteiger partial charge in [-0.1, -0.05) is 36.4 Å². The molecule has 3 rings (SSSR count). The summed E-state index contributed by atoms with van der Waals surface area (Å²) in [4.78, 5) is 31.2. The minimum atomic E-state index is -0.131. The van der Waals surface area contributed by atoms with Crippen LogP contribution >= 0.6 is 0 Å². The molecule has 2 aliphatic rings. The van der Waals surface area contributed by atoms with Crippen LogP contribution in [0.4, 0.5) is 4.79 Å². The van der Waals surface area contributed by atoms with Crippen molar-refractivity contribution in [2.45, 2.75) is 31.3 Å². The van der Waals surface area contributed by atoms with Crippen LogP contribution in [0.3, 0.4) is 0 Å². The number of piperazine rings is 1. The van der Waals surface area contributed by atoms with E-state index in [9.17, 15) is 9.59 Å². The van der Waals surface area contributed by atoms with Gasteiger partial charge in [0.1, 0.15) is 0 Å². The van der Waals surface area contributed by atoms with E-state index in [0.29, 0.717) is 39.1 Å². The molecule has 146 valence electrons. The summed E-state index contributed by atoms with van der Waals surface area (Å²) in [6.07, 6.45) is 3.98. The van der Waals surface area contributed by atoms with Crippen molar-refractivity contribution in [1.82, 2.24) is 20.0 Å². The molecule has 2 saturated heterocycles. The second kappa shape index (κ2) is 8.57. The molecule has 1 atom stereocenters. The zero-order valence-electron chi connectivity index (χ0n) is 16.2. The smallest absolute Gasteiger partial charge is 0.317 e. The third-order valence-corrected chi connectivity index (χ3v) is 5.93. The van der Waals surface area contributed by atoms with Crippen LogP contribution in [0, 0.1) is 0 Å². The van der Waals surface area contributed by atoms with Gasteiger partial charge in [0, 0.05) is 51.2 Å². The van der Waals surface area contributed by atoms with Crippen LogP contribution in [0.15, 0.2) is 43.0 Å². The van der Waals surface area contributed by atoms with E-state index < -0.39 is 0 Å². The molecule has 0 radical (unpaired) electrons. The molecule has 0 aliphatic carbocycles. The topological polar surface area (TPSA) is 55.9 Å². The first kappa shape index (κ1) is 19.4. The van der Waals surface area contributed by atoms with Crippen LogP contribution in [-0.4, -0.2) is 71.9 Å². The number of likely N-dealkylation sites (N-methyl/N-ethyl adjacent to an activating group) is 1. The van der Waals surface area contributed by atoms with Gasteiger partial charge in [0.05, 0.1) is 0 Å². The standard InChI is InChI=1S/C21H30N4O2/c1-3-12-24-13-11-21(10-9-19(24)26)17-25(15-14-23(21)2)20(27)22-16-18-7-5-4-6-8-18/h3-8H,1,9-17H2,2H3,(H,22,27). The lowest BCUT2D eigenvalue weighted by molar-refractivity contribution is -0.130. The Bertz CT molecular complexity index is 678. The lowest BCUT2D eigenvalue weighted by atomic mass is 9.86. The third kappa shape index (κ3) is 4.50. The Kier molecular flexibility index (Phi) is 6.16. The number of carbonyl (C=O) groups is 2. The molecule has 2 aliphatic heterocycles. The monoisotopic (exact) mass is 370 g/mol. The number of amides is 3. The number of benzene rings is 1. The highest BCUT2D eigenvalue weighted by molar-refractivity contribution is 5.77. The minimum absolute atomic E-state index is 0.0233. The van der Waals surface area contributed by atoms with Crippen molar-refractivity contribution in [3.05, 3.63) is 48.6 Å². The van der Waals surface area contributed by atoms with Crippen molar-refractivity contribution in [1.29, 1.82) is 0 Å². The fraction of sp³-hybridized carbons (Fsp3) is 0.524. The van der Waals surface area contributed by atoms with Gasteiger partial charge in [-0.05, 0) is 25.5 Å². The number of nitrogens with zero attached hydrogens (tertiary/aromatic N) is 3. The van der Waals surface area contributed by atoms with Crippen molar-refractivity contribution in [2.24, 2.45) is 0 Å². The quantitative estimate of drug-likeness (QED) is 0.826. The van der Waals surface area contributed by atoms with E-state index in [1.54, 1.807) is 6.08 Å². The number of nitrogens with one attached hydrogen (secondary N) is 1. The molecule has 6 nitrogen and oxygen atoms in total. The fourth-order valence-corrected chi connectivity index (χ4v) is 4.10. The Morgan fingerprint density at radius 2 is 2.00 bits per heavy atom. The highest BCUT2D eigenvalue weighted by Crippen LogP contribution is 2.32. The Labute approximate surface area is 161 Å². The van der Waals surface area contributed by atoms with E-state index in [1.165, 1.54) is 0 Å². The predicted molar refractivity (Wildman–Crippen MR) is 106 cm³/mol. The molecule has 6 heteroatoms. The zero-order valence-corrected chi connectivity index (χ0v) is 16.2. The molecule has 1 N–H and O–H groups in total. The first-order chi connectivity index (χ1) is 13.0. The van der Waals surface area contributed by atoms with E-state index in [4.69, 9.17) is 0 Å². The number of hydrogen-bond donors (Lipinski definition) is 1. The molecule has 0 bridgehead atoms. The summed E-state index contributed by atoms with van der Waals surface area (Å²) in [6.45, 7) is 7.81. The summed E-state index contributed by atoms with van der Waals surface area (Å²) in [6, 6.07) is 9.92. The lowest BCUT2D eigenvalue weighted by Gasteiger charge is -2.49. The van der Waals surface area contributed by atoms with Crippen LogP contribution in [-0.2, 0) is 11.3 Å². The van der Waals surface area contributed by atoms with E-state index >= 15 is 0 Å². The molecule has 1 spiro atoms. The molecule has 0 aromatic heterocycles. The Hall–Kier alpha value is -2.34. The van der Waals surface area contributed by atoms with E-state index in [0.717, 1.165) is 24.9 Å². The van der Waals surface area contributed by atoms with Gasteiger partial charge < -0.3 is 15.1 Å². The molecule has 0 saturated carbocycles. The highest BCUT2D eigenvalue weighted by atomic mass is 16.2. The first-order valence-electron chi connectivity index (χ1n) is 9.71. The molecular weight excluding hydrogens is 340 g/mol. The van der Waals surface area contributed by atoms with E-state index in [2.05, 4.69) is 23.8 Å². The number of likely N-dealkylation sites (tertiary alicyclic amines) is 1. The van der Waals surface area contributed by atoms with Crippen LogP contribution < -0.4 is 5.32 Å². The molecule has 2 fully saturated rings. The van der Waals surface area contributed by atoms with Crippen molar-refractivity contribution >= 4 is 11.9 Å². The number of urea groups is 1. The zero-order chi connectivity index (χ0) is 19.3. The van der Waals surface area contributed by atoms with Gasteiger partial charge in [-0.15, -0.1) is 6.58 Å². The number of carbonyl (C=O) groups excluding carboxylic acids is 2. The molecule has 1 unspecified atom stereocenters. The van der Waals surface area contributed by atoms with Gasteiger partial charge in [0.15, 0.2) is 0 Å². The van der Waals surface area contributed by atoms with Crippen molar-refractivity contribution in [3.63, 3.8) is 0 Å². The molecule has 1 aromatic rings. The normalized spacial score (nSPS) is 24.0. The average Bonchev–Trinajstić information content (AvgIpc) is 2.84. The summed E-state index contributed by atoms with van der Waals surface area (Å²) >= 11 is 0. The predicted octanol–water partition coefficient (Wildman–Crippen LogP) is 2.08. The molecule has 3 amide bonds. The van der Waals surface area contributed by atoms with E-state index in [-0.39, 0.29) is 17.5 Å². The van der Waals surface area contributed by atoms with Gasteiger partial charge in [0.25, 0.3) is 0 Å². The summed E-state index contributed by atoms with van der Waals surface area (Å²) in [7, 11) is 2.12. The van der Waals surface area contributed by atoms with Crippen molar-refractivity contribution in [3.8, 4) is 0 Å². The van der Waals surface area contributed by atoms with Crippen LogP contribution in [0.2, 0.25) is 0 Å². The number of rotatable bonds is 4. The van der Waals surface area contributed by atoms with Gasteiger partial charge in [-0.3, -0.25) is 9.69 Å². The molecule has 2 heterocycles. The van der Waals surface area contributed by atoms with Gasteiger partial charge in [-0.25, -0.2) is 4.79 Å². The maximum atomic E-state index is 12.7. The maximum absolute atomic E-state index is 12.7. The Balaban J connectivity index is 1.63. The summed E-state index contributed by atoms with van der Waals surface area (Å²) in [5.41, 5.74) is 0.961. The maximum Gasteiger partial charge on any atom is 0.317 e. The highest BCUT2D eigenvalue weighted by Gasteiger charge is 2.43. The minimum Gasteiger partial charge on any atom is -0.339 e. The van der Waals surface area contributed by atoms with E-state index in [1.807, 2.05) is 40.1 Å². The first-order valence-corrected chi connectivity index (χ1v) is 9.71.